The average molecular weight is 303 g/mol. The van der Waals surface area contributed by atoms with Crippen LogP contribution in [0.25, 0.3) is 0 Å². The largest absolute Gasteiger partial charge is 0.464 e. The molecule has 0 aromatic carbocycles. The number of hydrogen-bond acceptors (Lipinski definition) is 5. The van der Waals surface area contributed by atoms with Crippen molar-refractivity contribution in [2.45, 2.75) is 52.5 Å². The maximum absolute atomic E-state index is 12.1. The number of carbonyl (C=O) groups excluding carboxylic acids is 2. The first-order chi connectivity index (χ1) is 10.1. The number of rotatable bonds is 11. The molecule has 0 fully saturated rings. The molecule has 2 unspecified atom stereocenters. The van der Waals surface area contributed by atoms with Crippen LogP contribution in [0.1, 0.15) is 46.5 Å². The Morgan fingerprint density at radius 1 is 1.05 bits per heavy atom. The summed E-state index contributed by atoms with van der Waals surface area (Å²) in [5, 5.41) is 2.58. The Morgan fingerprint density at radius 3 is 2.33 bits per heavy atom. The summed E-state index contributed by atoms with van der Waals surface area (Å²) in [6.07, 6.45) is 3.06. The van der Waals surface area contributed by atoms with Crippen LogP contribution in [-0.4, -0.2) is 45.0 Å². The van der Waals surface area contributed by atoms with Crippen molar-refractivity contribution in [1.29, 1.82) is 0 Å². The molecule has 6 heteroatoms. The minimum Gasteiger partial charge on any atom is -0.464 e. The smallest absolute Gasteiger partial charge is 0.407 e. The van der Waals surface area contributed by atoms with E-state index in [2.05, 4.69) is 12.2 Å². The van der Waals surface area contributed by atoms with E-state index in [1.165, 1.54) is 7.11 Å². The van der Waals surface area contributed by atoms with E-state index in [0.717, 1.165) is 25.7 Å². The summed E-state index contributed by atoms with van der Waals surface area (Å²) < 4.78 is 14.9. The van der Waals surface area contributed by atoms with Crippen LogP contribution in [-0.2, 0) is 19.0 Å². The van der Waals surface area contributed by atoms with Crippen LogP contribution in [0, 0.1) is 5.92 Å². The van der Waals surface area contributed by atoms with Crippen LogP contribution in [0.15, 0.2) is 0 Å². The molecular formula is C15H29NO5. The van der Waals surface area contributed by atoms with Crippen molar-refractivity contribution in [3.05, 3.63) is 0 Å². The van der Waals surface area contributed by atoms with E-state index in [9.17, 15) is 9.59 Å². The van der Waals surface area contributed by atoms with Gasteiger partial charge in [0.2, 0.25) is 0 Å². The molecule has 0 rings (SSSR count). The molecule has 6 nitrogen and oxygen atoms in total. The number of unbranched alkanes of at least 4 members (excludes halogenated alkanes) is 2. The normalized spacial score (nSPS) is 13.3. The van der Waals surface area contributed by atoms with Gasteiger partial charge in [-0.25, -0.2) is 9.59 Å². The second-order valence-electron chi connectivity index (χ2n) is 5.01. The highest BCUT2D eigenvalue weighted by Crippen LogP contribution is 2.10. The lowest BCUT2D eigenvalue weighted by Gasteiger charge is -2.22. The van der Waals surface area contributed by atoms with Crippen LogP contribution >= 0.6 is 0 Å². The number of hydrogen-bond donors (Lipinski definition) is 1. The molecule has 0 spiro atoms. The second kappa shape index (κ2) is 12.4. The molecule has 0 aliphatic carbocycles. The molecule has 0 bridgehead atoms. The molecule has 0 heterocycles. The summed E-state index contributed by atoms with van der Waals surface area (Å²) >= 11 is 0. The standard InChI is InChI=1S/C15H29NO5/c1-5-7-8-9-20-14(17)13(12(3)6-2)16-15(18)21-11-10-19-4/h12-13H,5-11H2,1-4H3,(H,16,18). The van der Waals surface area contributed by atoms with Crippen molar-refractivity contribution in [3.63, 3.8) is 0 Å². The minimum absolute atomic E-state index is 0.0151. The van der Waals surface area contributed by atoms with E-state index in [0.29, 0.717) is 13.2 Å². The highest BCUT2D eigenvalue weighted by atomic mass is 16.6. The van der Waals surface area contributed by atoms with Crippen LogP contribution in [0.3, 0.4) is 0 Å². The maximum atomic E-state index is 12.1. The summed E-state index contributed by atoms with van der Waals surface area (Å²) in [5.74, 6) is -0.414. The Morgan fingerprint density at radius 2 is 1.76 bits per heavy atom. The van der Waals surface area contributed by atoms with Gasteiger partial charge in [-0.3, -0.25) is 0 Å². The first-order valence-electron chi connectivity index (χ1n) is 7.65. The Kier molecular flexibility index (Phi) is 11.7. The lowest BCUT2D eigenvalue weighted by Crippen LogP contribution is -2.46. The van der Waals surface area contributed by atoms with Gasteiger partial charge in [-0.05, 0) is 12.3 Å². The molecule has 21 heavy (non-hydrogen) atoms. The average Bonchev–Trinajstić information content (AvgIpc) is 2.48. The number of amides is 1. The fourth-order valence-electron chi connectivity index (χ4n) is 1.67. The van der Waals surface area contributed by atoms with Gasteiger partial charge in [0, 0.05) is 7.11 Å². The van der Waals surface area contributed by atoms with Gasteiger partial charge in [0.15, 0.2) is 0 Å². The predicted octanol–water partition coefficient (Wildman–Crippen LogP) is 2.51. The topological polar surface area (TPSA) is 73.9 Å². The lowest BCUT2D eigenvalue weighted by atomic mass is 9.99. The first-order valence-corrected chi connectivity index (χ1v) is 7.65. The van der Waals surface area contributed by atoms with Crippen molar-refractivity contribution in [1.82, 2.24) is 5.32 Å². The van der Waals surface area contributed by atoms with Crippen molar-refractivity contribution < 1.29 is 23.8 Å². The highest BCUT2D eigenvalue weighted by molar-refractivity contribution is 5.81. The molecule has 124 valence electrons. The number of alkyl carbamates (subject to hydrolysis) is 1. The Labute approximate surface area is 127 Å². The van der Waals surface area contributed by atoms with E-state index in [4.69, 9.17) is 14.2 Å². The van der Waals surface area contributed by atoms with Gasteiger partial charge in [0.05, 0.1) is 13.2 Å². The first kappa shape index (κ1) is 19.7. The molecule has 0 aromatic rings. The van der Waals surface area contributed by atoms with Gasteiger partial charge in [-0.15, -0.1) is 0 Å². The molecule has 0 radical (unpaired) electrons. The lowest BCUT2D eigenvalue weighted by molar-refractivity contribution is -0.147. The summed E-state index contributed by atoms with van der Waals surface area (Å²) in [6, 6.07) is -0.674. The zero-order valence-corrected chi connectivity index (χ0v) is 13.6. The molecule has 0 aliphatic heterocycles. The monoisotopic (exact) mass is 303 g/mol. The van der Waals surface area contributed by atoms with Crippen molar-refractivity contribution in [2.75, 3.05) is 26.9 Å². The van der Waals surface area contributed by atoms with E-state index in [1.807, 2.05) is 13.8 Å². The fourth-order valence-corrected chi connectivity index (χ4v) is 1.67. The number of esters is 1. The maximum Gasteiger partial charge on any atom is 0.407 e. The third-order valence-corrected chi connectivity index (χ3v) is 3.25. The van der Waals surface area contributed by atoms with Crippen LogP contribution in [0.5, 0.6) is 0 Å². The molecule has 0 saturated carbocycles. The summed E-state index contributed by atoms with van der Waals surface area (Å²) in [6.45, 7) is 6.80. The second-order valence-corrected chi connectivity index (χ2v) is 5.01. The highest BCUT2D eigenvalue weighted by Gasteiger charge is 2.27. The van der Waals surface area contributed by atoms with Crippen molar-refractivity contribution in [3.8, 4) is 0 Å². The third-order valence-electron chi connectivity index (χ3n) is 3.25. The quantitative estimate of drug-likeness (QED) is 0.469. The molecule has 0 aromatic heterocycles. The van der Waals surface area contributed by atoms with Gasteiger partial charge in [-0.2, -0.15) is 0 Å². The summed E-state index contributed by atoms with van der Waals surface area (Å²) in [5.41, 5.74) is 0. The zero-order chi connectivity index (χ0) is 16.1. The molecule has 0 saturated heterocycles. The van der Waals surface area contributed by atoms with Gasteiger partial charge < -0.3 is 19.5 Å². The molecule has 1 amide bonds. The molecule has 0 aliphatic rings. The minimum atomic E-state index is -0.674. The van der Waals surface area contributed by atoms with Crippen molar-refractivity contribution >= 4 is 12.1 Å². The van der Waals surface area contributed by atoms with Gasteiger partial charge in [0.1, 0.15) is 12.6 Å². The third kappa shape index (κ3) is 9.28. The van der Waals surface area contributed by atoms with E-state index >= 15 is 0 Å². The number of nitrogens with one attached hydrogen (secondary N) is 1. The Balaban J connectivity index is 4.30. The summed E-state index contributed by atoms with van der Waals surface area (Å²) in [4.78, 5) is 23.7. The SMILES string of the molecule is CCCCCOC(=O)C(NC(=O)OCCOC)C(C)CC. The van der Waals surface area contributed by atoms with Crippen LogP contribution < -0.4 is 5.32 Å². The number of ether oxygens (including phenoxy) is 3. The van der Waals surface area contributed by atoms with Gasteiger partial charge in [-0.1, -0.05) is 40.0 Å². The van der Waals surface area contributed by atoms with Crippen LogP contribution in [0.4, 0.5) is 4.79 Å². The van der Waals surface area contributed by atoms with Crippen LogP contribution in [0.2, 0.25) is 0 Å². The molecular weight excluding hydrogens is 274 g/mol. The summed E-state index contributed by atoms with van der Waals surface area (Å²) in [7, 11) is 1.52. The number of methoxy groups -OCH3 is 1. The van der Waals surface area contributed by atoms with E-state index in [1.54, 1.807) is 0 Å². The molecule has 2 atom stereocenters. The van der Waals surface area contributed by atoms with Gasteiger partial charge in [0.25, 0.3) is 0 Å². The Bertz CT molecular complexity index is 296. The van der Waals surface area contributed by atoms with Gasteiger partial charge >= 0.3 is 12.1 Å². The zero-order valence-electron chi connectivity index (χ0n) is 13.6. The van der Waals surface area contributed by atoms with E-state index in [-0.39, 0.29) is 12.5 Å². The molecule has 1 N–H and O–H groups in total. The fraction of sp³-hybridized carbons (Fsp3) is 0.867. The van der Waals surface area contributed by atoms with E-state index < -0.39 is 18.1 Å². The Hall–Kier alpha value is -1.30. The van der Waals surface area contributed by atoms with Crippen molar-refractivity contribution in [2.24, 2.45) is 5.92 Å². The number of carbonyl (C=O) groups is 2. The predicted molar refractivity (Wildman–Crippen MR) is 80.1 cm³/mol.